The maximum absolute atomic E-state index is 11.2. The number of nitrogens with two attached hydrogens (primary N) is 1. The second kappa shape index (κ2) is 4.29. The minimum Gasteiger partial charge on any atom is -0.465 e. The summed E-state index contributed by atoms with van der Waals surface area (Å²) in [7, 11) is 0. The molecule has 0 bridgehead atoms. The molecule has 2 amide bonds. The van der Waals surface area contributed by atoms with Crippen molar-refractivity contribution in [2.45, 2.75) is 44.8 Å². The molecule has 2 atom stereocenters. The topological polar surface area (TPSA) is 95.7 Å². The molecule has 0 spiro atoms. The zero-order valence-corrected chi connectivity index (χ0v) is 9.86. The van der Waals surface area contributed by atoms with Crippen molar-refractivity contribution in [2.24, 2.45) is 5.73 Å². The Balaban J connectivity index is 2.87. The molecule has 0 aromatic heterocycles. The minimum absolute atomic E-state index is 0.122. The molecule has 1 fully saturated rings. The van der Waals surface area contributed by atoms with Gasteiger partial charge in [-0.15, -0.1) is 0 Å². The summed E-state index contributed by atoms with van der Waals surface area (Å²) in [6.45, 7) is 5.71. The maximum atomic E-state index is 11.2. The van der Waals surface area contributed by atoms with Gasteiger partial charge in [0.2, 0.25) is 5.91 Å². The number of nitrogens with one attached hydrogen (secondary N) is 1. The molecule has 0 aromatic rings. The Labute approximate surface area is 94.8 Å². The number of piperidine rings is 1. The van der Waals surface area contributed by atoms with E-state index in [2.05, 4.69) is 5.32 Å². The number of carbonyl (C=O) groups excluding carboxylic acids is 1. The van der Waals surface area contributed by atoms with E-state index in [0.717, 1.165) is 0 Å². The van der Waals surface area contributed by atoms with Crippen LogP contribution in [-0.2, 0) is 4.79 Å². The highest BCUT2D eigenvalue weighted by atomic mass is 16.4. The lowest BCUT2D eigenvalue weighted by Crippen LogP contribution is -2.64. The zero-order chi connectivity index (χ0) is 12.5. The average molecular weight is 229 g/mol. The predicted octanol–water partition coefficient (Wildman–Crippen LogP) is -0.0193. The van der Waals surface area contributed by atoms with E-state index in [9.17, 15) is 14.7 Å². The van der Waals surface area contributed by atoms with E-state index in [1.54, 1.807) is 0 Å². The molecule has 1 aliphatic heterocycles. The lowest BCUT2D eigenvalue weighted by atomic mass is 9.95. The quantitative estimate of drug-likeness (QED) is 0.589. The SMILES string of the molecule is CC(C)(C)N(C(=O)O)[C@@H]1CNC(=O)C[C@@H]1N. The van der Waals surface area contributed by atoms with E-state index >= 15 is 0 Å². The number of carbonyl (C=O) groups is 2. The van der Waals surface area contributed by atoms with Gasteiger partial charge in [0.15, 0.2) is 0 Å². The molecule has 0 radical (unpaired) electrons. The normalized spacial score (nSPS) is 26.1. The van der Waals surface area contributed by atoms with Gasteiger partial charge >= 0.3 is 6.09 Å². The molecule has 0 aromatic carbocycles. The highest BCUT2D eigenvalue weighted by Gasteiger charge is 2.39. The Hall–Kier alpha value is -1.30. The summed E-state index contributed by atoms with van der Waals surface area (Å²) in [5, 5.41) is 11.8. The molecule has 0 unspecified atom stereocenters. The lowest BCUT2D eigenvalue weighted by molar-refractivity contribution is -0.124. The van der Waals surface area contributed by atoms with Gasteiger partial charge in [-0.25, -0.2) is 4.79 Å². The van der Waals surface area contributed by atoms with Crippen molar-refractivity contribution in [1.82, 2.24) is 10.2 Å². The summed E-state index contributed by atoms with van der Waals surface area (Å²) in [5.74, 6) is -0.122. The fourth-order valence-corrected chi connectivity index (χ4v) is 2.00. The van der Waals surface area contributed by atoms with E-state index in [1.807, 2.05) is 20.8 Å². The summed E-state index contributed by atoms with van der Waals surface area (Å²) in [6, 6.07) is -0.806. The molecule has 1 rings (SSSR count). The summed E-state index contributed by atoms with van der Waals surface area (Å²) in [4.78, 5) is 23.7. The molecule has 16 heavy (non-hydrogen) atoms. The van der Waals surface area contributed by atoms with Gasteiger partial charge < -0.3 is 16.2 Å². The van der Waals surface area contributed by atoms with Crippen LogP contribution in [-0.4, -0.2) is 46.2 Å². The Morgan fingerprint density at radius 2 is 2.12 bits per heavy atom. The van der Waals surface area contributed by atoms with E-state index in [-0.39, 0.29) is 24.9 Å². The third-order valence-corrected chi connectivity index (χ3v) is 2.68. The van der Waals surface area contributed by atoms with Crippen LogP contribution in [0.3, 0.4) is 0 Å². The van der Waals surface area contributed by atoms with Crippen LogP contribution in [0.15, 0.2) is 0 Å². The molecule has 0 aliphatic carbocycles. The van der Waals surface area contributed by atoms with Crippen molar-refractivity contribution >= 4 is 12.0 Å². The Bertz CT molecular complexity index is 298. The maximum Gasteiger partial charge on any atom is 0.408 e. The van der Waals surface area contributed by atoms with Crippen LogP contribution in [0.4, 0.5) is 4.79 Å². The summed E-state index contributed by atoms with van der Waals surface area (Å²) >= 11 is 0. The highest BCUT2D eigenvalue weighted by Crippen LogP contribution is 2.21. The number of hydrogen-bond acceptors (Lipinski definition) is 3. The number of rotatable bonds is 1. The third-order valence-electron chi connectivity index (χ3n) is 2.68. The fraction of sp³-hybridized carbons (Fsp3) is 0.800. The average Bonchev–Trinajstić information content (AvgIpc) is 2.06. The van der Waals surface area contributed by atoms with Crippen molar-refractivity contribution in [1.29, 1.82) is 0 Å². The third kappa shape index (κ3) is 2.63. The van der Waals surface area contributed by atoms with Gasteiger partial charge in [-0.05, 0) is 20.8 Å². The van der Waals surface area contributed by atoms with Gasteiger partial charge in [0.05, 0.1) is 6.04 Å². The number of nitrogens with zero attached hydrogens (tertiary/aromatic N) is 1. The van der Waals surface area contributed by atoms with Gasteiger partial charge in [-0.1, -0.05) is 0 Å². The minimum atomic E-state index is -1.01. The fourth-order valence-electron chi connectivity index (χ4n) is 2.00. The highest BCUT2D eigenvalue weighted by molar-refractivity contribution is 5.78. The standard InChI is InChI=1S/C10H19N3O3/c1-10(2,3)13(9(15)16)7-5-12-8(14)4-6(7)11/h6-7H,4-5,11H2,1-3H3,(H,12,14)(H,15,16)/t6-,7+/m0/s1. The first-order chi connectivity index (χ1) is 7.23. The van der Waals surface area contributed by atoms with E-state index < -0.39 is 17.7 Å². The molecule has 1 saturated heterocycles. The first kappa shape index (κ1) is 12.8. The van der Waals surface area contributed by atoms with Crippen LogP contribution in [0, 0.1) is 0 Å². The second-order valence-electron chi connectivity index (χ2n) is 5.06. The number of amides is 2. The van der Waals surface area contributed by atoms with Crippen molar-refractivity contribution in [2.75, 3.05) is 6.54 Å². The Morgan fingerprint density at radius 1 is 1.56 bits per heavy atom. The Kier molecular flexibility index (Phi) is 3.42. The van der Waals surface area contributed by atoms with Crippen LogP contribution < -0.4 is 11.1 Å². The predicted molar refractivity (Wildman–Crippen MR) is 59.0 cm³/mol. The van der Waals surface area contributed by atoms with E-state index in [0.29, 0.717) is 0 Å². The molecular weight excluding hydrogens is 210 g/mol. The van der Waals surface area contributed by atoms with Crippen molar-refractivity contribution < 1.29 is 14.7 Å². The molecule has 1 aliphatic rings. The number of hydrogen-bond donors (Lipinski definition) is 3. The first-order valence-electron chi connectivity index (χ1n) is 5.28. The first-order valence-corrected chi connectivity index (χ1v) is 5.28. The van der Waals surface area contributed by atoms with Crippen molar-refractivity contribution in [3.63, 3.8) is 0 Å². The van der Waals surface area contributed by atoms with Crippen molar-refractivity contribution in [3.05, 3.63) is 0 Å². The van der Waals surface area contributed by atoms with Crippen LogP contribution in [0.25, 0.3) is 0 Å². The molecule has 6 heteroatoms. The van der Waals surface area contributed by atoms with Crippen LogP contribution in [0.2, 0.25) is 0 Å². The number of carboxylic acid groups (broad SMARTS) is 1. The Morgan fingerprint density at radius 3 is 2.50 bits per heavy atom. The van der Waals surface area contributed by atoms with Crippen molar-refractivity contribution in [3.8, 4) is 0 Å². The van der Waals surface area contributed by atoms with Crippen LogP contribution in [0.1, 0.15) is 27.2 Å². The zero-order valence-electron chi connectivity index (χ0n) is 9.86. The van der Waals surface area contributed by atoms with Gasteiger partial charge in [0, 0.05) is 24.5 Å². The second-order valence-corrected chi connectivity index (χ2v) is 5.06. The molecular formula is C10H19N3O3. The lowest BCUT2D eigenvalue weighted by Gasteiger charge is -2.43. The van der Waals surface area contributed by atoms with Gasteiger partial charge in [-0.2, -0.15) is 0 Å². The van der Waals surface area contributed by atoms with Crippen LogP contribution >= 0.6 is 0 Å². The molecule has 92 valence electrons. The molecule has 4 N–H and O–H groups in total. The van der Waals surface area contributed by atoms with Gasteiger partial charge in [0.25, 0.3) is 0 Å². The molecule has 6 nitrogen and oxygen atoms in total. The van der Waals surface area contributed by atoms with Crippen LogP contribution in [0.5, 0.6) is 0 Å². The monoisotopic (exact) mass is 229 g/mol. The van der Waals surface area contributed by atoms with Gasteiger partial charge in [-0.3, -0.25) is 9.69 Å². The largest absolute Gasteiger partial charge is 0.465 e. The summed E-state index contributed by atoms with van der Waals surface area (Å²) < 4.78 is 0. The van der Waals surface area contributed by atoms with E-state index in [1.165, 1.54) is 4.90 Å². The van der Waals surface area contributed by atoms with E-state index in [4.69, 9.17) is 5.73 Å². The summed E-state index contributed by atoms with van der Waals surface area (Å²) in [5.41, 5.74) is 5.31. The molecule has 0 saturated carbocycles. The smallest absolute Gasteiger partial charge is 0.408 e. The van der Waals surface area contributed by atoms with Gasteiger partial charge in [0.1, 0.15) is 0 Å². The molecule has 1 heterocycles. The summed E-state index contributed by atoms with van der Waals surface area (Å²) in [6.07, 6.45) is -0.839.